The minimum atomic E-state index is 0.256. The average molecular weight is 175 g/mol. The Hall–Kier alpha value is -1.44. The van der Waals surface area contributed by atoms with Crippen LogP contribution in [-0.2, 0) is 11.2 Å². The van der Waals surface area contributed by atoms with Gasteiger partial charge < -0.3 is 0 Å². The van der Waals surface area contributed by atoms with Crippen LogP contribution in [0.25, 0.3) is 0 Å². The fourth-order valence-electron chi connectivity index (χ4n) is 1.08. The summed E-state index contributed by atoms with van der Waals surface area (Å²) in [4.78, 5) is 15.2. The van der Waals surface area contributed by atoms with E-state index in [2.05, 4.69) is 11.6 Å². The Labute approximate surface area is 78.3 Å². The zero-order chi connectivity index (χ0) is 9.52. The molecule has 0 N–H and O–H groups in total. The van der Waals surface area contributed by atoms with E-state index in [1.165, 1.54) is 0 Å². The predicted molar refractivity (Wildman–Crippen MR) is 52.4 cm³/mol. The lowest BCUT2D eigenvalue weighted by atomic mass is 10.1. The fourth-order valence-corrected chi connectivity index (χ4v) is 1.08. The smallest absolute Gasteiger partial charge is 0.137 e. The maximum atomic E-state index is 11.3. The molecule has 0 aliphatic heterocycles. The van der Waals surface area contributed by atoms with Gasteiger partial charge in [0, 0.05) is 25.2 Å². The first-order valence-corrected chi connectivity index (χ1v) is 4.34. The number of hydrogen-bond donors (Lipinski definition) is 0. The van der Waals surface area contributed by atoms with Gasteiger partial charge in [-0.05, 0) is 24.1 Å². The van der Waals surface area contributed by atoms with Crippen LogP contribution in [-0.4, -0.2) is 10.8 Å². The van der Waals surface area contributed by atoms with Crippen molar-refractivity contribution in [2.24, 2.45) is 0 Å². The van der Waals surface area contributed by atoms with E-state index in [9.17, 15) is 4.79 Å². The highest BCUT2D eigenvalue weighted by atomic mass is 16.1. The second kappa shape index (κ2) is 5.25. The van der Waals surface area contributed by atoms with Crippen molar-refractivity contribution in [2.75, 3.05) is 0 Å². The van der Waals surface area contributed by atoms with Gasteiger partial charge in [0.15, 0.2) is 0 Å². The van der Waals surface area contributed by atoms with Gasteiger partial charge in [-0.2, -0.15) is 0 Å². The molecule has 0 bridgehead atoms. The highest BCUT2D eigenvalue weighted by molar-refractivity contribution is 5.80. The molecule has 0 aliphatic carbocycles. The van der Waals surface area contributed by atoms with Gasteiger partial charge in [-0.1, -0.05) is 6.08 Å². The molecular formula is C11H13NO. The number of pyridine rings is 1. The van der Waals surface area contributed by atoms with Crippen LogP contribution in [0, 0.1) is 0 Å². The van der Waals surface area contributed by atoms with Crippen molar-refractivity contribution in [3.8, 4) is 0 Å². The molecule has 2 heteroatoms. The summed E-state index contributed by atoms with van der Waals surface area (Å²) < 4.78 is 0. The Balaban J connectivity index is 2.41. The SMILES string of the molecule is C=CCCC(=O)Cc1ccncc1. The van der Waals surface area contributed by atoms with Gasteiger partial charge in [-0.15, -0.1) is 6.58 Å². The number of Topliss-reactive ketones (excluding diaryl/α,β-unsaturated/α-hetero) is 1. The van der Waals surface area contributed by atoms with Crippen LogP contribution in [0.3, 0.4) is 0 Å². The monoisotopic (exact) mass is 175 g/mol. The molecule has 0 spiro atoms. The Morgan fingerprint density at radius 3 is 2.77 bits per heavy atom. The number of rotatable bonds is 5. The van der Waals surface area contributed by atoms with Crippen molar-refractivity contribution in [2.45, 2.75) is 19.3 Å². The van der Waals surface area contributed by atoms with Gasteiger partial charge in [-0.25, -0.2) is 0 Å². The van der Waals surface area contributed by atoms with E-state index < -0.39 is 0 Å². The summed E-state index contributed by atoms with van der Waals surface area (Å²) in [6, 6.07) is 3.73. The molecule has 13 heavy (non-hydrogen) atoms. The lowest BCUT2D eigenvalue weighted by Crippen LogP contribution is -2.01. The first-order chi connectivity index (χ1) is 6.33. The summed E-state index contributed by atoms with van der Waals surface area (Å²) in [5.41, 5.74) is 1.03. The number of ketones is 1. The fraction of sp³-hybridized carbons (Fsp3) is 0.273. The Kier molecular flexibility index (Phi) is 3.89. The first-order valence-electron chi connectivity index (χ1n) is 4.34. The lowest BCUT2D eigenvalue weighted by molar-refractivity contribution is -0.118. The molecule has 1 heterocycles. The highest BCUT2D eigenvalue weighted by Gasteiger charge is 2.01. The van der Waals surface area contributed by atoms with E-state index >= 15 is 0 Å². The highest BCUT2D eigenvalue weighted by Crippen LogP contribution is 2.02. The molecule has 1 aromatic rings. The topological polar surface area (TPSA) is 30.0 Å². The number of allylic oxidation sites excluding steroid dienone is 1. The summed E-state index contributed by atoms with van der Waals surface area (Å²) in [5, 5.41) is 0. The average Bonchev–Trinajstić information content (AvgIpc) is 2.16. The molecule has 1 rings (SSSR count). The van der Waals surface area contributed by atoms with Crippen LogP contribution in [0.1, 0.15) is 18.4 Å². The van der Waals surface area contributed by atoms with Crippen molar-refractivity contribution < 1.29 is 4.79 Å². The number of nitrogens with zero attached hydrogens (tertiary/aromatic N) is 1. The molecule has 68 valence electrons. The largest absolute Gasteiger partial charge is 0.299 e. The maximum Gasteiger partial charge on any atom is 0.137 e. The summed E-state index contributed by atoms with van der Waals surface area (Å²) in [7, 11) is 0. The molecule has 0 aliphatic rings. The molecule has 0 aromatic carbocycles. The number of carbonyl (C=O) groups is 1. The van der Waals surface area contributed by atoms with E-state index in [1.54, 1.807) is 18.5 Å². The van der Waals surface area contributed by atoms with E-state index in [4.69, 9.17) is 0 Å². The Morgan fingerprint density at radius 2 is 2.15 bits per heavy atom. The minimum absolute atomic E-state index is 0.256. The quantitative estimate of drug-likeness (QED) is 0.642. The molecule has 0 fully saturated rings. The van der Waals surface area contributed by atoms with Crippen molar-refractivity contribution in [3.63, 3.8) is 0 Å². The summed E-state index contributed by atoms with van der Waals surface area (Å²) >= 11 is 0. The van der Waals surface area contributed by atoms with Crippen molar-refractivity contribution >= 4 is 5.78 Å². The third kappa shape index (κ3) is 3.65. The predicted octanol–water partition coefficient (Wildman–Crippen LogP) is 2.16. The third-order valence-corrected chi connectivity index (χ3v) is 1.78. The summed E-state index contributed by atoms with van der Waals surface area (Å²) in [6.45, 7) is 3.58. The van der Waals surface area contributed by atoms with Gasteiger partial charge in [0.05, 0.1) is 0 Å². The molecule has 0 atom stereocenters. The van der Waals surface area contributed by atoms with Gasteiger partial charge in [-0.3, -0.25) is 9.78 Å². The van der Waals surface area contributed by atoms with E-state index in [1.807, 2.05) is 12.1 Å². The van der Waals surface area contributed by atoms with Crippen LogP contribution < -0.4 is 0 Å². The minimum Gasteiger partial charge on any atom is -0.299 e. The lowest BCUT2D eigenvalue weighted by Gasteiger charge is -1.98. The molecule has 0 amide bonds. The second-order valence-corrected chi connectivity index (χ2v) is 2.90. The first kappa shape index (κ1) is 9.65. The van der Waals surface area contributed by atoms with E-state index in [0.29, 0.717) is 12.8 Å². The van der Waals surface area contributed by atoms with E-state index in [-0.39, 0.29) is 5.78 Å². The summed E-state index contributed by atoms with van der Waals surface area (Å²) in [6.07, 6.45) is 7.04. The Bertz CT molecular complexity index is 279. The zero-order valence-corrected chi connectivity index (χ0v) is 7.57. The number of carbonyl (C=O) groups excluding carboxylic acids is 1. The van der Waals surface area contributed by atoms with Gasteiger partial charge in [0.25, 0.3) is 0 Å². The van der Waals surface area contributed by atoms with Crippen LogP contribution >= 0.6 is 0 Å². The molecule has 0 unspecified atom stereocenters. The second-order valence-electron chi connectivity index (χ2n) is 2.90. The summed E-state index contributed by atoms with van der Waals surface area (Å²) in [5.74, 6) is 0.256. The van der Waals surface area contributed by atoms with E-state index in [0.717, 1.165) is 12.0 Å². The van der Waals surface area contributed by atoms with Crippen molar-refractivity contribution in [1.82, 2.24) is 4.98 Å². The van der Waals surface area contributed by atoms with Gasteiger partial charge in [0.1, 0.15) is 5.78 Å². The van der Waals surface area contributed by atoms with Crippen LogP contribution in [0.15, 0.2) is 37.2 Å². The molecule has 2 nitrogen and oxygen atoms in total. The maximum absolute atomic E-state index is 11.3. The van der Waals surface area contributed by atoms with Crippen molar-refractivity contribution in [3.05, 3.63) is 42.7 Å². The number of aromatic nitrogens is 1. The standard InChI is InChI=1S/C11H13NO/c1-2-3-4-11(13)9-10-5-7-12-8-6-10/h2,5-8H,1,3-4,9H2. The van der Waals surface area contributed by atoms with Crippen LogP contribution in [0.2, 0.25) is 0 Å². The molecule has 0 saturated heterocycles. The van der Waals surface area contributed by atoms with Gasteiger partial charge >= 0.3 is 0 Å². The van der Waals surface area contributed by atoms with Crippen LogP contribution in [0.5, 0.6) is 0 Å². The molecular weight excluding hydrogens is 162 g/mol. The molecule has 0 radical (unpaired) electrons. The Morgan fingerprint density at radius 1 is 1.46 bits per heavy atom. The van der Waals surface area contributed by atoms with Gasteiger partial charge in [0.2, 0.25) is 0 Å². The van der Waals surface area contributed by atoms with Crippen LogP contribution in [0.4, 0.5) is 0 Å². The van der Waals surface area contributed by atoms with Crippen molar-refractivity contribution in [1.29, 1.82) is 0 Å². The third-order valence-electron chi connectivity index (χ3n) is 1.78. The normalized spacial score (nSPS) is 9.54. The molecule has 1 aromatic heterocycles. The number of hydrogen-bond acceptors (Lipinski definition) is 2. The molecule has 0 saturated carbocycles. The zero-order valence-electron chi connectivity index (χ0n) is 7.57.